The van der Waals surface area contributed by atoms with Gasteiger partial charge in [0.15, 0.2) is 0 Å². The maximum Gasteiger partial charge on any atom is 0.258 e. The number of aromatic hydroxyl groups is 1. The molecular formula is C22H20N2O4. The van der Waals surface area contributed by atoms with E-state index in [2.05, 4.69) is 13.5 Å². The van der Waals surface area contributed by atoms with Crippen molar-refractivity contribution in [1.29, 1.82) is 0 Å². The molecule has 0 amide bonds. The summed E-state index contributed by atoms with van der Waals surface area (Å²) in [7, 11) is 0. The number of aryl methyl sites for hydroxylation is 1. The van der Waals surface area contributed by atoms with Gasteiger partial charge in [-0.15, -0.1) is 0 Å². The van der Waals surface area contributed by atoms with Crippen LogP contribution in [0.2, 0.25) is 0 Å². The molecule has 6 heteroatoms. The number of benzene rings is 1. The number of aromatic nitrogens is 2. The largest absolute Gasteiger partial charge is 0.508 e. The molecule has 0 radical (unpaired) electrons. The summed E-state index contributed by atoms with van der Waals surface area (Å²) in [5.41, 5.74) is 3.65. The number of phenols is 1. The third-order valence-corrected chi connectivity index (χ3v) is 5.96. The predicted octanol–water partition coefficient (Wildman–Crippen LogP) is 2.94. The van der Waals surface area contributed by atoms with Crippen LogP contribution in [-0.4, -0.2) is 19.8 Å². The Kier molecular flexibility index (Phi) is 3.31. The summed E-state index contributed by atoms with van der Waals surface area (Å²) >= 11 is 0. The lowest BCUT2D eigenvalue weighted by molar-refractivity contribution is -0.000354. The fourth-order valence-corrected chi connectivity index (χ4v) is 4.37. The average molecular weight is 376 g/mol. The van der Waals surface area contributed by atoms with Crippen LogP contribution in [0, 0.1) is 0 Å². The summed E-state index contributed by atoms with van der Waals surface area (Å²) in [6, 6.07) is 6.97. The Balaban J connectivity index is 1.84. The van der Waals surface area contributed by atoms with Crippen LogP contribution in [0.1, 0.15) is 36.1 Å². The lowest BCUT2D eigenvalue weighted by atomic mass is 9.88. The van der Waals surface area contributed by atoms with Gasteiger partial charge in [-0.2, -0.15) is 0 Å². The van der Waals surface area contributed by atoms with E-state index in [0.717, 1.165) is 34.1 Å². The maximum atomic E-state index is 13.2. The van der Waals surface area contributed by atoms with E-state index in [1.807, 2.05) is 6.07 Å². The summed E-state index contributed by atoms with van der Waals surface area (Å²) in [4.78, 5) is 18.0. The Bertz CT molecular complexity index is 1250. The number of ether oxygens (including phenoxy) is 1. The van der Waals surface area contributed by atoms with Crippen LogP contribution in [0.25, 0.3) is 22.3 Å². The minimum Gasteiger partial charge on any atom is -0.508 e. The van der Waals surface area contributed by atoms with Gasteiger partial charge in [0, 0.05) is 16.5 Å². The lowest BCUT2D eigenvalue weighted by Gasteiger charge is -2.33. The number of pyridine rings is 2. The normalized spacial score (nSPS) is 19.9. The fraction of sp³-hybridized carbons (Fsp3) is 0.273. The highest BCUT2D eigenvalue weighted by Gasteiger charge is 2.39. The molecule has 0 fully saturated rings. The maximum absolute atomic E-state index is 13.2. The van der Waals surface area contributed by atoms with Crippen LogP contribution in [0.15, 0.2) is 41.4 Å². The first kappa shape index (κ1) is 17.0. The monoisotopic (exact) mass is 376 g/mol. The smallest absolute Gasteiger partial charge is 0.258 e. The van der Waals surface area contributed by atoms with Crippen molar-refractivity contribution in [3.63, 3.8) is 0 Å². The van der Waals surface area contributed by atoms with Gasteiger partial charge < -0.3 is 19.5 Å². The average Bonchev–Trinajstić information content (AvgIpc) is 3.02. The molecule has 0 saturated heterocycles. The van der Waals surface area contributed by atoms with E-state index in [-0.39, 0.29) is 23.7 Å². The molecule has 2 aliphatic heterocycles. The zero-order valence-electron chi connectivity index (χ0n) is 15.7. The van der Waals surface area contributed by atoms with Crippen molar-refractivity contribution in [1.82, 2.24) is 9.55 Å². The second kappa shape index (κ2) is 5.45. The predicted molar refractivity (Wildman–Crippen MR) is 105 cm³/mol. The van der Waals surface area contributed by atoms with E-state index in [0.29, 0.717) is 23.4 Å². The molecule has 0 aliphatic carbocycles. The van der Waals surface area contributed by atoms with Crippen LogP contribution >= 0.6 is 0 Å². The second-order valence-electron chi connectivity index (χ2n) is 7.57. The topological polar surface area (TPSA) is 84.6 Å². The molecule has 0 unspecified atom stereocenters. The van der Waals surface area contributed by atoms with Crippen molar-refractivity contribution < 1.29 is 14.9 Å². The standard InChI is InChI=1S/C22H20N2O4/c1-4-13-14-7-12(25)5-6-18(14)23-20-15(13)9-24-19(20)8-17-16(21(24)26)10-28-11(2)22(17,3)27/h5-8,25,27H,2,4,9-10H2,1,3H3/t22-/m1/s1. The third-order valence-electron chi connectivity index (χ3n) is 5.96. The van der Waals surface area contributed by atoms with E-state index >= 15 is 0 Å². The number of nitrogens with zero attached hydrogens (tertiary/aromatic N) is 2. The first-order valence-electron chi connectivity index (χ1n) is 9.29. The van der Waals surface area contributed by atoms with Crippen molar-refractivity contribution in [2.24, 2.45) is 0 Å². The third kappa shape index (κ3) is 2.06. The molecule has 2 N–H and O–H groups in total. The highest BCUT2D eigenvalue weighted by atomic mass is 16.5. The minimum atomic E-state index is -1.43. The summed E-state index contributed by atoms with van der Waals surface area (Å²) in [5.74, 6) is 0.428. The molecule has 1 atom stereocenters. The Morgan fingerprint density at radius 2 is 2.11 bits per heavy atom. The van der Waals surface area contributed by atoms with Gasteiger partial charge in [-0.05, 0) is 43.2 Å². The number of fused-ring (bicyclic) bond motifs is 5. The molecule has 142 valence electrons. The van der Waals surface area contributed by atoms with E-state index < -0.39 is 5.60 Å². The summed E-state index contributed by atoms with van der Waals surface area (Å²) in [6.45, 7) is 7.95. The van der Waals surface area contributed by atoms with E-state index in [9.17, 15) is 15.0 Å². The zero-order valence-corrected chi connectivity index (χ0v) is 15.7. The van der Waals surface area contributed by atoms with Gasteiger partial charge in [0.25, 0.3) is 5.56 Å². The Hall–Kier alpha value is -3.12. The molecule has 28 heavy (non-hydrogen) atoms. The first-order chi connectivity index (χ1) is 13.3. The molecule has 0 saturated carbocycles. The Morgan fingerprint density at radius 1 is 1.32 bits per heavy atom. The highest BCUT2D eigenvalue weighted by Crippen LogP contribution is 2.41. The molecule has 1 aromatic carbocycles. The Morgan fingerprint density at radius 3 is 2.86 bits per heavy atom. The van der Waals surface area contributed by atoms with Gasteiger partial charge in [0.1, 0.15) is 23.7 Å². The van der Waals surface area contributed by atoms with E-state index in [4.69, 9.17) is 9.72 Å². The van der Waals surface area contributed by atoms with Crippen LogP contribution in [0.5, 0.6) is 5.75 Å². The van der Waals surface area contributed by atoms with Crippen LogP contribution < -0.4 is 5.56 Å². The van der Waals surface area contributed by atoms with Crippen molar-refractivity contribution in [2.75, 3.05) is 0 Å². The van der Waals surface area contributed by atoms with Gasteiger partial charge in [-0.3, -0.25) is 4.79 Å². The van der Waals surface area contributed by atoms with Crippen molar-refractivity contribution in [2.45, 2.75) is 39.0 Å². The Labute approximate surface area is 161 Å². The molecule has 3 aromatic rings. The lowest BCUT2D eigenvalue weighted by Crippen LogP contribution is -2.37. The number of hydrogen-bond acceptors (Lipinski definition) is 5. The number of hydrogen-bond donors (Lipinski definition) is 2. The SMILES string of the molecule is C=C1OCc2c(cc3n(c2=O)Cc2c-3nc3ccc(O)cc3c2CC)[C@]1(C)O. The van der Waals surface area contributed by atoms with Gasteiger partial charge in [-0.1, -0.05) is 13.5 Å². The molecule has 5 rings (SSSR count). The number of aliphatic hydroxyl groups is 1. The molecule has 6 nitrogen and oxygen atoms in total. The van der Waals surface area contributed by atoms with E-state index in [1.165, 1.54) is 0 Å². The highest BCUT2D eigenvalue weighted by molar-refractivity contribution is 5.89. The molecule has 0 spiro atoms. The van der Waals surface area contributed by atoms with Gasteiger partial charge in [0.2, 0.25) is 0 Å². The zero-order chi connectivity index (χ0) is 19.8. The molecule has 4 heterocycles. The fourth-order valence-electron chi connectivity index (χ4n) is 4.37. The van der Waals surface area contributed by atoms with Gasteiger partial charge in [-0.25, -0.2) is 4.98 Å². The van der Waals surface area contributed by atoms with E-state index in [1.54, 1.807) is 29.7 Å². The summed E-state index contributed by atoms with van der Waals surface area (Å²) < 4.78 is 7.15. The van der Waals surface area contributed by atoms with Crippen molar-refractivity contribution >= 4 is 10.9 Å². The number of phenolic OH excluding ortho intramolecular Hbond substituents is 1. The molecule has 0 bridgehead atoms. The van der Waals surface area contributed by atoms with Crippen LogP contribution in [0.3, 0.4) is 0 Å². The minimum absolute atomic E-state index is 0.101. The molecule has 2 aliphatic rings. The quantitative estimate of drug-likeness (QED) is 0.534. The van der Waals surface area contributed by atoms with Crippen molar-refractivity contribution in [3.8, 4) is 17.1 Å². The summed E-state index contributed by atoms with van der Waals surface area (Å²) in [5, 5.41) is 21.7. The van der Waals surface area contributed by atoms with Gasteiger partial charge in [0.05, 0.1) is 29.0 Å². The second-order valence-corrected chi connectivity index (χ2v) is 7.57. The molecule has 2 aromatic heterocycles. The van der Waals surface area contributed by atoms with Crippen molar-refractivity contribution in [3.05, 3.63) is 69.2 Å². The van der Waals surface area contributed by atoms with Gasteiger partial charge >= 0.3 is 0 Å². The molecular weight excluding hydrogens is 356 g/mol. The van der Waals surface area contributed by atoms with Crippen LogP contribution in [0.4, 0.5) is 0 Å². The van der Waals surface area contributed by atoms with Crippen LogP contribution in [-0.2, 0) is 29.9 Å². The summed E-state index contributed by atoms with van der Waals surface area (Å²) in [6.07, 6.45) is 0.755. The number of rotatable bonds is 1. The first-order valence-corrected chi connectivity index (χ1v) is 9.29.